The fourth-order valence-electron chi connectivity index (χ4n) is 5.14. The highest BCUT2D eigenvalue weighted by Gasteiger charge is 2.33. The normalized spacial score (nSPS) is 17.1. The molecule has 0 saturated carbocycles. The summed E-state index contributed by atoms with van der Waals surface area (Å²) < 4.78 is 0. The number of pyridine rings is 1. The van der Waals surface area contributed by atoms with Gasteiger partial charge in [-0.1, -0.05) is 56.3 Å². The first kappa shape index (κ1) is 22.9. The fourth-order valence-corrected chi connectivity index (χ4v) is 7.37. The van der Waals surface area contributed by atoms with Crippen LogP contribution in [0.25, 0.3) is 10.2 Å². The average molecular weight is 520 g/mol. The maximum Gasteiger partial charge on any atom is 0.275 e. The number of para-hydroxylation sites is 1. The Morgan fingerprint density at radius 2 is 1.89 bits per heavy atom. The Labute approximate surface area is 218 Å². The van der Waals surface area contributed by atoms with Crippen molar-refractivity contribution in [1.82, 2.24) is 4.98 Å². The minimum Gasteiger partial charge on any atom is -0.397 e. The van der Waals surface area contributed by atoms with Crippen LogP contribution in [-0.4, -0.2) is 10.9 Å². The van der Waals surface area contributed by atoms with E-state index < -0.39 is 0 Å². The summed E-state index contributed by atoms with van der Waals surface area (Å²) >= 11 is 9.39. The van der Waals surface area contributed by atoms with Crippen molar-refractivity contribution >= 4 is 67.9 Å². The second kappa shape index (κ2) is 8.26. The van der Waals surface area contributed by atoms with Crippen LogP contribution in [-0.2, 0) is 12.8 Å². The lowest BCUT2D eigenvalue weighted by molar-refractivity contribution is 0.100. The zero-order valence-electron chi connectivity index (χ0n) is 19.9. The van der Waals surface area contributed by atoms with Gasteiger partial charge in [-0.2, -0.15) is 0 Å². The number of rotatable bonds is 1. The molecule has 1 atom stereocenters. The number of carbonyl (C=O) groups excluding carboxylic acids is 1. The molecular formula is C28H26ClN3OS2. The number of nitrogen functional groups attached to an aromatic ring is 1. The van der Waals surface area contributed by atoms with Crippen LogP contribution in [0.5, 0.6) is 0 Å². The first-order valence-electron chi connectivity index (χ1n) is 11.8. The van der Waals surface area contributed by atoms with Crippen LogP contribution in [0.2, 0.25) is 5.02 Å². The minimum absolute atomic E-state index is 0.146. The molecule has 4 nitrogen and oxygen atoms in total. The Balaban J connectivity index is 1.46. The Bertz CT molecular complexity index is 1500. The van der Waals surface area contributed by atoms with Crippen molar-refractivity contribution < 1.29 is 4.79 Å². The standard InChI is InChI=1S/C28H26ClN3OS2/c1-28(2,3)16-8-10-19-15(12-16)13-18-24(30)25(35-26(18)31-19)27(33)32-20-6-4-5-7-22(20)34-23-11-9-17(29)14-21(23)32/h4-7,9,11,13-14,16H,8,10,12,30H2,1-3H3. The molecule has 1 amide bonds. The first-order chi connectivity index (χ1) is 16.7. The molecule has 35 heavy (non-hydrogen) atoms. The lowest BCUT2D eigenvalue weighted by atomic mass is 9.71. The van der Waals surface area contributed by atoms with Crippen LogP contribution in [0.15, 0.2) is 58.3 Å². The summed E-state index contributed by atoms with van der Waals surface area (Å²) in [7, 11) is 0. The van der Waals surface area contributed by atoms with Gasteiger partial charge in [0, 0.05) is 25.9 Å². The molecule has 0 bridgehead atoms. The third-order valence-corrected chi connectivity index (χ3v) is 9.66. The highest BCUT2D eigenvalue weighted by Crippen LogP contribution is 2.50. The summed E-state index contributed by atoms with van der Waals surface area (Å²) in [6.45, 7) is 6.93. The lowest BCUT2D eigenvalue weighted by Gasteiger charge is -2.34. The van der Waals surface area contributed by atoms with Gasteiger partial charge in [0.15, 0.2) is 0 Å². The monoisotopic (exact) mass is 519 g/mol. The summed E-state index contributed by atoms with van der Waals surface area (Å²) in [5.41, 5.74) is 11.5. The number of nitrogens with two attached hydrogens (primary N) is 1. The summed E-state index contributed by atoms with van der Waals surface area (Å²) in [5, 5.41) is 1.48. The van der Waals surface area contributed by atoms with Crippen LogP contribution in [0.3, 0.4) is 0 Å². The number of amides is 1. The van der Waals surface area contributed by atoms with Crippen molar-refractivity contribution in [3.8, 4) is 0 Å². The summed E-state index contributed by atoms with van der Waals surface area (Å²) in [6.07, 6.45) is 3.11. The summed E-state index contributed by atoms with van der Waals surface area (Å²) in [4.78, 5) is 24.2. The number of aromatic nitrogens is 1. The molecule has 6 rings (SSSR count). The second-order valence-electron chi connectivity index (χ2n) is 10.4. The number of nitrogens with zero attached hydrogens (tertiary/aromatic N) is 2. The number of carbonyl (C=O) groups is 1. The molecule has 0 spiro atoms. The molecule has 2 aliphatic rings. The number of fused-ring (bicyclic) bond motifs is 4. The van der Waals surface area contributed by atoms with E-state index in [0.717, 1.165) is 56.3 Å². The predicted molar refractivity (Wildman–Crippen MR) is 147 cm³/mol. The SMILES string of the molecule is CC(C)(C)C1CCc2nc3sc(C(=O)N4c5ccccc5Sc5ccc(Cl)cc54)c(N)c3cc2C1. The van der Waals surface area contributed by atoms with Crippen molar-refractivity contribution in [1.29, 1.82) is 0 Å². The van der Waals surface area contributed by atoms with Gasteiger partial charge in [0.2, 0.25) is 0 Å². The van der Waals surface area contributed by atoms with Gasteiger partial charge in [0.25, 0.3) is 5.91 Å². The maximum atomic E-state index is 14.1. The molecule has 0 saturated heterocycles. The number of benzene rings is 2. The van der Waals surface area contributed by atoms with Crippen molar-refractivity contribution in [2.75, 3.05) is 10.6 Å². The van der Waals surface area contributed by atoms with E-state index in [-0.39, 0.29) is 11.3 Å². The van der Waals surface area contributed by atoms with Gasteiger partial charge in [-0.15, -0.1) is 11.3 Å². The molecule has 1 unspecified atom stereocenters. The summed E-state index contributed by atoms with van der Waals surface area (Å²) in [6, 6.07) is 15.8. The topological polar surface area (TPSA) is 59.2 Å². The molecule has 0 radical (unpaired) electrons. The van der Waals surface area contributed by atoms with E-state index in [2.05, 4.69) is 26.8 Å². The van der Waals surface area contributed by atoms with Crippen LogP contribution in [0.1, 0.15) is 48.1 Å². The van der Waals surface area contributed by atoms with E-state index >= 15 is 0 Å². The van der Waals surface area contributed by atoms with E-state index in [1.54, 1.807) is 16.7 Å². The molecule has 4 aromatic rings. The Hall–Kier alpha value is -2.54. The molecular weight excluding hydrogens is 494 g/mol. The van der Waals surface area contributed by atoms with Gasteiger partial charge >= 0.3 is 0 Å². The molecule has 7 heteroatoms. The van der Waals surface area contributed by atoms with Crippen molar-refractivity contribution in [2.24, 2.45) is 11.3 Å². The predicted octanol–water partition coefficient (Wildman–Crippen LogP) is 8.13. The van der Waals surface area contributed by atoms with E-state index in [1.165, 1.54) is 16.9 Å². The number of hydrogen-bond acceptors (Lipinski definition) is 5. The van der Waals surface area contributed by atoms with Gasteiger partial charge in [-0.25, -0.2) is 4.98 Å². The van der Waals surface area contributed by atoms with Crippen LogP contribution in [0, 0.1) is 11.3 Å². The van der Waals surface area contributed by atoms with E-state index in [1.807, 2.05) is 42.5 Å². The fraction of sp³-hybridized carbons (Fsp3) is 0.286. The number of anilines is 3. The van der Waals surface area contributed by atoms with Crippen LogP contribution in [0.4, 0.5) is 17.1 Å². The van der Waals surface area contributed by atoms with E-state index in [4.69, 9.17) is 22.3 Å². The quantitative estimate of drug-likeness (QED) is 0.276. The zero-order chi connectivity index (χ0) is 24.5. The number of hydrogen-bond donors (Lipinski definition) is 1. The van der Waals surface area contributed by atoms with Gasteiger partial charge in [-0.05, 0) is 72.6 Å². The Morgan fingerprint density at radius 1 is 1.11 bits per heavy atom. The molecule has 0 fully saturated rings. The first-order valence-corrected chi connectivity index (χ1v) is 13.8. The Kier molecular flexibility index (Phi) is 5.40. The molecule has 2 aromatic carbocycles. The number of halogens is 1. The molecule has 3 heterocycles. The minimum atomic E-state index is -0.146. The largest absolute Gasteiger partial charge is 0.397 e. The smallest absolute Gasteiger partial charge is 0.275 e. The summed E-state index contributed by atoms with van der Waals surface area (Å²) in [5.74, 6) is 0.464. The highest BCUT2D eigenvalue weighted by atomic mass is 35.5. The van der Waals surface area contributed by atoms with Gasteiger partial charge in [-0.3, -0.25) is 9.69 Å². The van der Waals surface area contributed by atoms with Gasteiger partial charge in [0.1, 0.15) is 9.71 Å². The molecule has 1 aliphatic heterocycles. The lowest BCUT2D eigenvalue weighted by Crippen LogP contribution is -2.28. The Morgan fingerprint density at radius 3 is 2.69 bits per heavy atom. The molecule has 2 aromatic heterocycles. The van der Waals surface area contributed by atoms with Gasteiger partial charge in [0.05, 0.1) is 17.1 Å². The third kappa shape index (κ3) is 3.83. The van der Waals surface area contributed by atoms with Crippen LogP contribution >= 0.6 is 34.7 Å². The molecule has 2 N–H and O–H groups in total. The van der Waals surface area contributed by atoms with Crippen molar-refractivity contribution in [3.63, 3.8) is 0 Å². The highest BCUT2D eigenvalue weighted by molar-refractivity contribution is 7.99. The van der Waals surface area contributed by atoms with Crippen molar-refractivity contribution in [2.45, 2.75) is 49.8 Å². The zero-order valence-corrected chi connectivity index (χ0v) is 22.3. The molecule has 178 valence electrons. The second-order valence-corrected chi connectivity index (χ2v) is 12.9. The van der Waals surface area contributed by atoms with E-state index in [9.17, 15) is 4.79 Å². The maximum absolute atomic E-state index is 14.1. The van der Waals surface area contributed by atoms with E-state index in [0.29, 0.717) is 21.5 Å². The average Bonchev–Trinajstić information content (AvgIpc) is 3.15. The number of thiophene rings is 1. The van der Waals surface area contributed by atoms with Crippen LogP contribution < -0.4 is 10.6 Å². The van der Waals surface area contributed by atoms with Crippen molar-refractivity contribution in [3.05, 3.63) is 69.7 Å². The number of aryl methyl sites for hydroxylation is 1. The third-order valence-electron chi connectivity index (χ3n) is 7.20. The van der Waals surface area contributed by atoms with Gasteiger partial charge < -0.3 is 5.73 Å². The molecule has 1 aliphatic carbocycles.